The van der Waals surface area contributed by atoms with Crippen molar-refractivity contribution in [3.63, 3.8) is 0 Å². The largest absolute Gasteiger partial charge is 0.449 e. The first kappa shape index (κ1) is 9.27. The number of terminal acetylenes is 1. The highest BCUT2D eigenvalue weighted by Crippen LogP contribution is 1.96. The van der Waals surface area contributed by atoms with Gasteiger partial charge in [-0.05, 0) is 6.07 Å². The molecule has 0 aliphatic carbocycles. The van der Waals surface area contributed by atoms with Crippen LogP contribution in [0.3, 0.4) is 0 Å². The van der Waals surface area contributed by atoms with Crippen LogP contribution >= 0.6 is 0 Å². The minimum absolute atomic E-state index is 0.0114. The second-order valence-electron chi connectivity index (χ2n) is 2.54. The average molecular weight is 176 g/mol. The monoisotopic (exact) mass is 176 g/mol. The Hall–Kier alpha value is -1.82. The van der Waals surface area contributed by atoms with Gasteiger partial charge in [0.1, 0.15) is 12.6 Å². The van der Waals surface area contributed by atoms with Gasteiger partial charge in [0, 0.05) is 6.07 Å². The van der Waals surface area contributed by atoms with Gasteiger partial charge >= 0.3 is 5.97 Å². The Labute approximate surface area is 77.0 Å². The molecule has 0 aromatic carbocycles. The first-order valence-electron chi connectivity index (χ1n) is 3.80. The molecule has 66 valence electrons. The predicted octanol–water partition coefficient (Wildman–Crippen LogP) is 0.301. The van der Waals surface area contributed by atoms with E-state index in [4.69, 9.17) is 11.2 Å². The van der Waals surface area contributed by atoms with Crippen molar-refractivity contribution in [3.8, 4) is 12.3 Å². The standard InChI is InChI=1S/C10H10NO2/c1-3-7-13-10(12)9-5-4-6-11(2)8-9/h1,4-6,8H,7H2,2H3/q+1. The molecular weight excluding hydrogens is 166 g/mol. The summed E-state index contributed by atoms with van der Waals surface area (Å²) >= 11 is 0. The average Bonchev–Trinajstić information content (AvgIpc) is 2.14. The van der Waals surface area contributed by atoms with Gasteiger partial charge in [-0.15, -0.1) is 6.42 Å². The summed E-state index contributed by atoms with van der Waals surface area (Å²) in [6.45, 7) is 0.0114. The Morgan fingerprint density at radius 1 is 1.77 bits per heavy atom. The summed E-state index contributed by atoms with van der Waals surface area (Å²) in [6, 6.07) is 3.45. The van der Waals surface area contributed by atoms with E-state index < -0.39 is 5.97 Å². The minimum atomic E-state index is -0.394. The molecule has 1 rings (SSSR count). The Balaban J connectivity index is 2.72. The zero-order valence-electron chi connectivity index (χ0n) is 7.36. The molecule has 0 unspecified atom stereocenters. The first-order valence-corrected chi connectivity index (χ1v) is 3.80. The number of pyridine rings is 1. The van der Waals surface area contributed by atoms with E-state index in [9.17, 15) is 4.79 Å². The molecule has 0 fully saturated rings. The maximum atomic E-state index is 11.2. The molecule has 0 spiro atoms. The van der Waals surface area contributed by atoms with Gasteiger partial charge in [-0.2, -0.15) is 0 Å². The molecule has 0 aliphatic rings. The lowest BCUT2D eigenvalue weighted by Crippen LogP contribution is -2.28. The van der Waals surface area contributed by atoms with Crippen LogP contribution in [0.5, 0.6) is 0 Å². The minimum Gasteiger partial charge on any atom is -0.449 e. The first-order chi connectivity index (χ1) is 6.24. The lowest BCUT2D eigenvalue weighted by molar-refractivity contribution is -0.671. The fraction of sp³-hybridized carbons (Fsp3) is 0.200. The van der Waals surface area contributed by atoms with Crippen molar-refractivity contribution in [2.45, 2.75) is 0 Å². The molecule has 0 saturated heterocycles. The maximum absolute atomic E-state index is 11.2. The van der Waals surface area contributed by atoms with E-state index in [0.29, 0.717) is 5.56 Å². The number of rotatable bonds is 2. The SMILES string of the molecule is C#CCOC(=O)c1ccc[n+](C)c1. The van der Waals surface area contributed by atoms with Crippen molar-refractivity contribution in [3.05, 3.63) is 30.1 Å². The molecule has 3 nitrogen and oxygen atoms in total. The molecule has 0 aliphatic heterocycles. The third kappa shape index (κ3) is 2.60. The van der Waals surface area contributed by atoms with Crippen molar-refractivity contribution >= 4 is 5.97 Å². The second kappa shape index (κ2) is 4.27. The molecular formula is C10H10NO2+. The van der Waals surface area contributed by atoms with Gasteiger partial charge in [0.05, 0.1) is 0 Å². The second-order valence-corrected chi connectivity index (χ2v) is 2.54. The van der Waals surface area contributed by atoms with Gasteiger partial charge < -0.3 is 4.74 Å². The van der Waals surface area contributed by atoms with Crippen LogP contribution in [-0.2, 0) is 11.8 Å². The van der Waals surface area contributed by atoms with E-state index in [1.807, 2.05) is 13.2 Å². The number of ether oxygens (including phenoxy) is 1. The molecule has 0 radical (unpaired) electrons. The van der Waals surface area contributed by atoms with Crippen LogP contribution in [0, 0.1) is 12.3 Å². The Morgan fingerprint density at radius 3 is 3.15 bits per heavy atom. The molecule has 3 heteroatoms. The molecule has 0 saturated carbocycles. The smallest absolute Gasteiger partial charge is 0.345 e. The third-order valence-electron chi connectivity index (χ3n) is 1.46. The lowest BCUT2D eigenvalue weighted by Gasteiger charge is -1.98. The number of carbonyl (C=O) groups excluding carboxylic acids is 1. The van der Waals surface area contributed by atoms with Crippen molar-refractivity contribution in [2.24, 2.45) is 7.05 Å². The van der Waals surface area contributed by atoms with Crippen LogP contribution in [0.4, 0.5) is 0 Å². The van der Waals surface area contributed by atoms with Crippen molar-refractivity contribution in [1.82, 2.24) is 0 Å². The van der Waals surface area contributed by atoms with Crippen LogP contribution < -0.4 is 4.57 Å². The summed E-state index contributed by atoms with van der Waals surface area (Å²) in [5.41, 5.74) is 0.500. The highest BCUT2D eigenvalue weighted by molar-refractivity contribution is 5.88. The number of aromatic nitrogens is 1. The number of carbonyl (C=O) groups is 1. The lowest BCUT2D eigenvalue weighted by atomic mass is 10.3. The summed E-state index contributed by atoms with van der Waals surface area (Å²) in [5, 5.41) is 0. The number of hydrogen-bond donors (Lipinski definition) is 0. The van der Waals surface area contributed by atoms with Crippen LogP contribution in [0.1, 0.15) is 10.4 Å². The summed E-state index contributed by atoms with van der Waals surface area (Å²) in [7, 11) is 1.83. The highest BCUT2D eigenvalue weighted by Gasteiger charge is 2.08. The van der Waals surface area contributed by atoms with Crippen molar-refractivity contribution in [2.75, 3.05) is 6.61 Å². The maximum Gasteiger partial charge on any atom is 0.345 e. The fourth-order valence-electron chi connectivity index (χ4n) is 0.899. The zero-order valence-corrected chi connectivity index (χ0v) is 7.36. The predicted molar refractivity (Wildman–Crippen MR) is 46.7 cm³/mol. The molecule has 1 aromatic heterocycles. The molecule has 0 atom stereocenters. The van der Waals surface area contributed by atoms with Crippen LogP contribution in [0.15, 0.2) is 24.5 Å². The van der Waals surface area contributed by atoms with Gasteiger partial charge in [0.25, 0.3) is 0 Å². The van der Waals surface area contributed by atoms with E-state index in [1.165, 1.54) is 0 Å². The molecule has 0 amide bonds. The fourth-order valence-corrected chi connectivity index (χ4v) is 0.899. The van der Waals surface area contributed by atoms with Gasteiger partial charge in [0.15, 0.2) is 19.0 Å². The van der Waals surface area contributed by atoms with Gasteiger partial charge in [0.2, 0.25) is 0 Å². The van der Waals surface area contributed by atoms with E-state index >= 15 is 0 Å². The quantitative estimate of drug-likeness (QED) is 0.368. The van der Waals surface area contributed by atoms with Crippen molar-refractivity contribution in [1.29, 1.82) is 0 Å². The van der Waals surface area contributed by atoms with Crippen LogP contribution in [0.25, 0.3) is 0 Å². The molecule has 0 bridgehead atoms. The van der Waals surface area contributed by atoms with Crippen molar-refractivity contribution < 1.29 is 14.1 Å². The summed E-state index contributed by atoms with van der Waals surface area (Å²) in [4.78, 5) is 11.2. The molecule has 1 heterocycles. The Morgan fingerprint density at radius 2 is 2.54 bits per heavy atom. The number of esters is 1. The van der Waals surface area contributed by atoms with Gasteiger partial charge in [-0.1, -0.05) is 5.92 Å². The summed E-state index contributed by atoms with van der Waals surface area (Å²) in [5.74, 6) is 1.84. The van der Waals surface area contributed by atoms with Gasteiger partial charge in [-0.3, -0.25) is 0 Å². The Bertz CT molecular complexity index is 352. The Kier molecular flexibility index (Phi) is 3.04. The molecule has 1 aromatic rings. The number of hydrogen-bond acceptors (Lipinski definition) is 2. The summed E-state index contributed by atoms with van der Waals surface area (Å²) in [6.07, 6.45) is 8.46. The van der Waals surface area contributed by atoms with Gasteiger partial charge in [-0.25, -0.2) is 9.36 Å². The normalized spacial score (nSPS) is 8.92. The topological polar surface area (TPSA) is 30.2 Å². The van der Waals surface area contributed by atoms with E-state index in [1.54, 1.807) is 22.9 Å². The van der Waals surface area contributed by atoms with E-state index in [0.717, 1.165) is 0 Å². The van der Waals surface area contributed by atoms with Crippen LogP contribution in [0.2, 0.25) is 0 Å². The third-order valence-corrected chi connectivity index (χ3v) is 1.46. The van der Waals surface area contributed by atoms with E-state index in [2.05, 4.69) is 5.92 Å². The van der Waals surface area contributed by atoms with E-state index in [-0.39, 0.29) is 6.61 Å². The highest BCUT2D eigenvalue weighted by atomic mass is 16.5. The summed E-state index contributed by atoms with van der Waals surface area (Å²) < 4.78 is 6.51. The number of aryl methyl sites for hydroxylation is 1. The molecule has 13 heavy (non-hydrogen) atoms. The van der Waals surface area contributed by atoms with Crippen LogP contribution in [-0.4, -0.2) is 12.6 Å². The zero-order chi connectivity index (χ0) is 9.68. The number of nitrogens with zero attached hydrogens (tertiary/aromatic N) is 1. The molecule has 0 N–H and O–H groups in total.